The fourth-order valence-corrected chi connectivity index (χ4v) is 3.73. The van der Waals surface area contributed by atoms with Crippen molar-refractivity contribution in [3.63, 3.8) is 0 Å². The second-order valence-electron chi connectivity index (χ2n) is 4.80. The van der Waals surface area contributed by atoms with Crippen molar-refractivity contribution in [1.82, 2.24) is 0 Å². The maximum atomic E-state index is 5.61. The second-order valence-corrected chi connectivity index (χ2v) is 4.80. The Labute approximate surface area is 82.8 Å². The van der Waals surface area contributed by atoms with E-state index in [2.05, 4.69) is 17.3 Å². The Morgan fingerprint density at radius 3 is 3.43 bits per heavy atom. The van der Waals surface area contributed by atoms with Gasteiger partial charge in [-0.1, -0.05) is 17.3 Å². The molecule has 0 aromatic carbocycles. The van der Waals surface area contributed by atoms with Gasteiger partial charge in [-0.05, 0) is 18.8 Å². The van der Waals surface area contributed by atoms with Gasteiger partial charge < -0.3 is 9.57 Å². The summed E-state index contributed by atoms with van der Waals surface area (Å²) in [6.07, 6.45) is 7.38. The molecule has 3 heteroatoms. The number of hydrogen-bond acceptors (Lipinski definition) is 3. The third kappa shape index (κ3) is 0.620. The molecule has 2 heterocycles. The molecule has 1 saturated carbocycles. The van der Waals surface area contributed by atoms with E-state index >= 15 is 0 Å². The number of nitrogens with zero attached hydrogens (tertiary/aromatic N) is 1. The Kier molecular flexibility index (Phi) is 1.18. The number of rotatable bonds is 0. The van der Waals surface area contributed by atoms with Crippen LogP contribution in [0.3, 0.4) is 0 Å². The van der Waals surface area contributed by atoms with E-state index in [-0.39, 0.29) is 5.41 Å². The summed E-state index contributed by atoms with van der Waals surface area (Å²) in [5.41, 5.74) is 1.41. The summed E-state index contributed by atoms with van der Waals surface area (Å²) in [5, 5.41) is 4.23. The normalized spacial score (nSPS) is 52.6. The molecule has 0 unspecified atom stereocenters. The van der Waals surface area contributed by atoms with Crippen molar-refractivity contribution in [1.29, 1.82) is 0 Å². The maximum absolute atomic E-state index is 5.61. The van der Waals surface area contributed by atoms with Gasteiger partial charge in [0.2, 0.25) is 0 Å². The highest BCUT2D eigenvalue weighted by molar-refractivity contribution is 5.94. The molecule has 2 aliphatic heterocycles. The number of allylic oxidation sites excluding steroid dienone is 1. The molecule has 4 aliphatic rings. The van der Waals surface area contributed by atoms with Gasteiger partial charge in [0.15, 0.2) is 0 Å². The second kappa shape index (κ2) is 2.22. The van der Waals surface area contributed by atoms with E-state index in [0.29, 0.717) is 24.5 Å². The summed E-state index contributed by atoms with van der Waals surface area (Å²) in [7, 11) is 0. The minimum Gasteiger partial charge on any atom is -0.391 e. The van der Waals surface area contributed by atoms with Crippen LogP contribution in [0.5, 0.6) is 0 Å². The predicted molar refractivity (Wildman–Crippen MR) is 50.9 cm³/mol. The first-order valence-electron chi connectivity index (χ1n) is 5.40. The molecule has 1 spiro atoms. The summed E-state index contributed by atoms with van der Waals surface area (Å²) in [4.78, 5) is 5.61. The molecule has 0 aromatic heterocycles. The molecule has 4 atom stereocenters. The molecule has 0 N–H and O–H groups in total. The van der Waals surface area contributed by atoms with Gasteiger partial charge in [-0.3, -0.25) is 0 Å². The smallest absolute Gasteiger partial charge is 0.145 e. The first-order valence-corrected chi connectivity index (χ1v) is 5.40. The molecular formula is C11H13NO2. The molecule has 0 aromatic rings. The first kappa shape index (κ1) is 7.46. The molecule has 4 rings (SSSR count). The quantitative estimate of drug-likeness (QED) is 0.541. The van der Waals surface area contributed by atoms with Crippen molar-refractivity contribution in [3.05, 3.63) is 12.2 Å². The third-order valence-corrected chi connectivity index (χ3v) is 4.39. The van der Waals surface area contributed by atoms with Crippen LogP contribution in [-0.4, -0.2) is 25.0 Å². The van der Waals surface area contributed by atoms with Crippen molar-refractivity contribution in [2.24, 2.45) is 22.4 Å². The molecule has 3 nitrogen and oxygen atoms in total. The number of hydrogen-bond donors (Lipinski definition) is 0. The molecule has 14 heavy (non-hydrogen) atoms. The van der Waals surface area contributed by atoms with Crippen LogP contribution in [0.4, 0.5) is 0 Å². The van der Waals surface area contributed by atoms with E-state index in [1.54, 1.807) is 0 Å². The Bertz CT molecular complexity index is 349. The zero-order valence-corrected chi connectivity index (χ0v) is 7.98. The van der Waals surface area contributed by atoms with Gasteiger partial charge in [-0.2, -0.15) is 0 Å². The van der Waals surface area contributed by atoms with Crippen LogP contribution in [0.2, 0.25) is 0 Å². The van der Waals surface area contributed by atoms with Crippen LogP contribution in [0.15, 0.2) is 17.3 Å². The minimum atomic E-state index is 0.234. The molecular weight excluding hydrogens is 178 g/mol. The predicted octanol–water partition coefficient (Wildman–Crippen LogP) is 1.35. The highest BCUT2D eigenvalue weighted by Gasteiger charge is 2.63. The van der Waals surface area contributed by atoms with Crippen LogP contribution in [-0.2, 0) is 9.57 Å². The summed E-state index contributed by atoms with van der Waals surface area (Å²) in [6, 6.07) is 0. The number of oxime groups is 1. The molecule has 2 fully saturated rings. The first-order chi connectivity index (χ1) is 6.91. The largest absolute Gasteiger partial charge is 0.391 e. The van der Waals surface area contributed by atoms with Gasteiger partial charge in [0.1, 0.15) is 6.10 Å². The number of fused-ring (bicyclic) bond motifs is 3. The zero-order chi connectivity index (χ0) is 9.17. The fraction of sp³-hybridized carbons (Fsp3) is 0.727. The van der Waals surface area contributed by atoms with E-state index in [1.807, 2.05) is 0 Å². The fourth-order valence-electron chi connectivity index (χ4n) is 3.73. The zero-order valence-electron chi connectivity index (χ0n) is 7.98. The van der Waals surface area contributed by atoms with Gasteiger partial charge in [0, 0.05) is 12.5 Å². The molecule has 2 aliphatic carbocycles. The van der Waals surface area contributed by atoms with Crippen LogP contribution in [0.25, 0.3) is 0 Å². The summed E-state index contributed by atoms with van der Waals surface area (Å²) in [6.45, 7) is 1.56. The molecule has 0 radical (unpaired) electrons. The molecule has 74 valence electrons. The average Bonchev–Trinajstić information content (AvgIpc) is 2.87. The Morgan fingerprint density at radius 2 is 2.43 bits per heavy atom. The van der Waals surface area contributed by atoms with Crippen LogP contribution in [0.1, 0.15) is 12.8 Å². The van der Waals surface area contributed by atoms with E-state index in [4.69, 9.17) is 9.57 Å². The van der Waals surface area contributed by atoms with Gasteiger partial charge in [-0.15, -0.1) is 0 Å². The SMILES string of the molecule is C1=C[C@H]2C[C@@H]1[C@]13CCOCC1=NO[C@H]23. The molecule has 0 amide bonds. The lowest BCUT2D eigenvalue weighted by Gasteiger charge is -2.38. The lowest BCUT2D eigenvalue weighted by molar-refractivity contribution is -0.00428. The van der Waals surface area contributed by atoms with Gasteiger partial charge in [-0.25, -0.2) is 0 Å². The van der Waals surface area contributed by atoms with Gasteiger partial charge in [0.25, 0.3) is 0 Å². The molecule has 1 saturated heterocycles. The van der Waals surface area contributed by atoms with E-state index in [1.165, 1.54) is 12.1 Å². The van der Waals surface area contributed by atoms with E-state index in [9.17, 15) is 0 Å². The van der Waals surface area contributed by atoms with Crippen LogP contribution in [0, 0.1) is 17.3 Å². The highest BCUT2D eigenvalue weighted by Crippen LogP contribution is 2.59. The Balaban J connectivity index is 1.86. The summed E-state index contributed by atoms with van der Waals surface area (Å²) >= 11 is 0. The average molecular weight is 191 g/mol. The standard InChI is InChI=1S/C11H13NO2/c1-2-8-5-7(1)10-11(8)3-4-13-6-9(11)12-14-10/h1-2,7-8,10H,3-6H2/t7-,8+,10+,11+/m0/s1. The van der Waals surface area contributed by atoms with Crippen molar-refractivity contribution >= 4 is 5.71 Å². The van der Waals surface area contributed by atoms with Crippen molar-refractivity contribution < 1.29 is 9.57 Å². The minimum absolute atomic E-state index is 0.234. The monoisotopic (exact) mass is 191 g/mol. The maximum Gasteiger partial charge on any atom is 0.145 e. The third-order valence-electron chi connectivity index (χ3n) is 4.39. The van der Waals surface area contributed by atoms with Crippen molar-refractivity contribution in [2.75, 3.05) is 13.2 Å². The topological polar surface area (TPSA) is 30.8 Å². The van der Waals surface area contributed by atoms with E-state index < -0.39 is 0 Å². The van der Waals surface area contributed by atoms with Crippen molar-refractivity contribution in [3.8, 4) is 0 Å². The summed E-state index contributed by atoms with van der Waals surface area (Å²) in [5.74, 6) is 1.28. The van der Waals surface area contributed by atoms with Crippen LogP contribution >= 0.6 is 0 Å². The van der Waals surface area contributed by atoms with Crippen LogP contribution < -0.4 is 0 Å². The number of ether oxygens (including phenoxy) is 1. The molecule has 2 bridgehead atoms. The van der Waals surface area contributed by atoms with Crippen molar-refractivity contribution in [2.45, 2.75) is 18.9 Å². The van der Waals surface area contributed by atoms with Gasteiger partial charge in [0.05, 0.1) is 17.7 Å². The Hall–Kier alpha value is -0.830. The van der Waals surface area contributed by atoms with Gasteiger partial charge >= 0.3 is 0 Å². The Morgan fingerprint density at radius 1 is 1.43 bits per heavy atom. The summed E-state index contributed by atoms with van der Waals surface area (Å²) < 4.78 is 5.46. The highest BCUT2D eigenvalue weighted by atomic mass is 16.6. The van der Waals surface area contributed by atoms with E-state index in [0.717, 1.165) is 13.0 Å². The lowest BCUT2D eigenvalue weighted by Crippen LogP contribution is -2.47. The lowest BCUT2D eigenvalue weighted by atomic mass is 9.68.